The molecule has 76 valence electrons. The molecule has 0 atom stereocenters. The Morgan fingerprint density at radius 2 is 2.07 bits per heavy atom. The van der Waals surface area contributed by atoms with Crippen molar-refractivity contribution < 1.29 is 0 Å². The Morgan fingerprint density at radius 1 is 1.33 bits per heavy atom. The number of anilines is 1. The molecule has 0 amide bonds. The lowest BCUT2D eigenvalue weighted by molar-refractivity contribution is 1.38. The van der Waals surface area contributed by atoms with Crippen molar-refractivity contribution in [2.45, 2.75) is 6.92 Å². The molecule has 0 saturated carbocycles. The van der Waals surface area contributed by atoms with E-state index in [0.717, 1.165) is 16.4 Å². The Labute approximate surface area is 93.3 Å². The van der Waals surface area contributed by atoms with Gasteiger partial charge in [-0.2, -0.15) is 0 Å². The number of thiazole rings is 1. The van der Waals surface area contributed by atoms with Crippen LogP contribution in [0.15, 0.2) is 42.4 Å². The summed E-state index contributed by atoms with van der Waals surface area (Å²) in [5.41, 5.74) is 3.41. The number of aryl methyl sites for hydroxylation is 1. The summed E-state index contributed by atoms with van der Waals surface area (Å²) >= 11 is 1.58. The number of nitrogens with zero attached hydrogens (tertiary/aromatic N) is 1. The van der Waals surface area contributed by atoms with Gasteiger partial charge in [0.2, 0.25) is 0 Å². The first-order valence-corrected chi connectivity index (χ1v) is 5.57. The molecule has 2 aromatic rings. The molecule has 0 unspecified atom stereocenters. The van der Waals surface area contributed by atoms with Crippen molar-refractivity contribution in [3.05, 3.63) is 48.0 Å². The molecule has 0 saturated heterocycles. The molecule has 1 aromatic carbocycles. The second kappa shape index (κ2) is 4.28. The topological polar surface area (TPSA) is 24.9 Å². The van der Waals surface area contributed by atoms with Crippen molar-refractivity contribution in [1.29, 1.82) is 0 Å². The van der Waals surface area contributed by atoms with Crippen LogP contribution in [0.5, 0.6) is 0 Å². The highest BCUT2D eigenvalue weighted by Gasteiger charge is 2.02. The minimum Gasteiger partial charge on any atom is -0.339 e. The van der Waals surface area contributed by atoms with Crippen LogP contribution < -0.4 is 5.32 Å². The third kappa shape index (κ3) is 2.25. The number of rotatable bonds is 3. The smallest absolute Gasteiger partial charge is 0.187 e. The van der Waals surface area contributed by atoms with Gasteiger partial charge in [-0.25, -0.2) is 4.98 Å². The van der Waals surface area contributed by atoms with Gasteiger partial charge in [-0.1, -0.05) is 36.4 Å². The van der Waals surface area contributed by atoms with Crippen molar-refractivity contribution in [2.24, 2.45) is 0 Å². The first-order chi connectivity index (χ1) is 7.29. The molecule has 1 N–H and O–H groups in total. The van der Waals surface area contributed by atoms with E-state index < -0.39 is 0 Å². The molecular weight excluding hydrogens is 204 g/mol. The molecule has 1 aromatic heterocycles. The Morgan fingerprint density at radius 3 is 2.73 bits per heavy atom. The second-order valence-corrected chi connectivity index (χ2v) is 4.11. The van der Waals surface area contributed by atoms with E-state index in [1.807, 2.05) is 5.38 Å². The third-order valence-corrected chi connectivity index (χ3v) is 2.85. The van der Waals surface area contributed by atoms with E-state index >= 15 is 0 Å². The highest BCUT2D eigenvalue weighted by molar-refractivity contribution is 7.14. The number of nitrogens with one attached hydrogen (secondary N) is 1. The fourth-order valence-electron chi connectivity index (χ4n) is 1.28. The van der Waals surface area contributed by atoms with E-state index in [2.05, 4.69) is 48.1 Å². The van der Waals surface area contributed by atoms with E-state index in [1.165, 1.54) is 5.56 Å². The normalized spacial score (nSPS) is 9.93. The molecule has 0 fully saturated rings. The van der Waals surface area contributed by atoms with Crippen LogP contribution >= 0.6 is 11.3 Å². The standard InChI is InChI=1S/C12H12N2S/c1-3-13-12-14-11(8-15-12)10-6-4-9(2)5-7-10/h3-8H,1H2,2H3,(H,13,14). The summed E-state index contributed by atoms with van der Waals surface area (Å²) in [7, 11) is 0. The van der Waals surface area contributed by atoms with Gasteiger partial charge in [0.1, 0.15) is 0 Å². The maximum atomic E-state index is 4.44. The first kappa shape index (κ1) is 9.93. The van der Waals surface area contributed by atoms with Crippen molar-refractivity contribution in [3.63, 3.8) is 0 Å². The number of benzene rings is 1. The van der Waals surface area contributed by atoms with Gasteiger partial charge in [0.25, 0.3) is 0 Å². The Bertz CT molecular complexity index is 457. The molecule has 0 bridgehead atoms. The van der Waals surface area contributed by atoms with Gasteiger partial charge in [0.15, 0.2) is 5.13 Å². The Hall–Kier alpha value is -1.61. The highest BCUT2D eigenvalue weighted by Crippen LogP contribution is 2.24. The monoisotopic (exact) mass is 216 g/mol. The number of aromatic nitrogens is 1. The summed E-state index contributed by atoms with van der Waals surface area (Å²) < 4.78 is 0. The van der Waals surface area contributed by atoms with Gasteiger partial charge < -0.3 is 5.32 Å². The lowest BCUT2D eigenvalue weighted by atomic mass is 10.1. The van der Waals surface area contributed by atoms with Crippen molar-refractivity contribution in [3.8, 4) is 11.3 Å². The summed E-state index contributed by atoms with van der Waals surface area (Å²) in [5.74, 6) is 0. The second-order valence-electron chi connectivity index (χ2n) is 3.25. The summed E-state index contributed by atoms with van der Waals surface area (Å²) in [6.07, 6.45) is 1.64. The zero-order valence-electron chi connectivity index (χ0n) is 8.53. The largest absolute Gasteiger partial charge is 0.339 e. The predicted molar refractivity (Wildman–Crippen MR) is 66.1 cm³/mol. The maximum Gasteiger partial charge on any atom is 0.187 e. The SMILES string of the molecule is C=CNc1nc(-c2ccc(C)cc2)cs1. The van der Waals surface area contributed by atoms with E-state index in [4.69, 9.17) is 0 Å². The lowest BCUT2D eigenvalue weighted by Crippen LogP contribution is -1.84. The van der Waals surface area contributed by atoms with Crippen LogP contribution in [0.1, 0.15) is 5.56 Å². The molecule has 15 heavy (non-hydrogen) atoms. The number of hydrogen-bond donors (Lipinski definition) is 1. The molecular formula is C12H12N2S. The van der Waals surface area contributed by atoms with E-state index in [-0.39, 0.29) is 0 Å². The average molecular weight is 216 g/mol. The zero-order valence-corrected chi connectivity index (χ0v) is 9.34. The van der Waals surface area contributed by atoms with Gasteiger partial charge in [-0.05, 0) is 13.1 Å². The van der Waals surface area contributed by atoms with Crippen LogP contribution in [0.4, 0.5) is 5.13 Å². The van der Waals surface area contributed by atoms with Gasteiger partial charge in [0.05, 0.1) is 5.69 Å². The van der Waals surface area contributed by atoms with E-state index in [1.54, 1.807) is 17.5 Å². The van der Waals surface area contributed by atoms with Crippen molar-refractivity contribution >= 4 is 16.5 Å². The lowest BCUT2D eigenvalue weighted by Gasteiger charge is -1.97. The van der Waals surface area contributed by atoms with Crippen LogP contribution in [0.3, 0.4) is 0 Å². The molecule has 3 heteroatoms. The molecule has 0 aliphatic carbocycles. The van der Waals surface area contributed by atoms with Gasteiger partial charge in [-0.15, -0.1) is 11.3 Å². The molecule has 0 radical (unpaired) electrons. The van der Waals surface area contributed by atoms with Gasteiger partial charge in [-0.3, -0.25) is 0 Å². The minimum absolute atomic E-state index is 0.876. The molecule has 0 aliphatic rings. The summed E-state index contributed by atoms with van der Waals surface area (Å²) in [4.78, 5) is 4.44. The average Bonchev–Trinajstić information content (AvgIpc) is 2.68. The van der Waals surface area contributed by atoms with E-state index in [9.17, 15) is 0 Å². The van der Waals surface area contributed by atoms with Crippen LogP contribution in [0, 0.1) is 6.92 Å². The predicted octanol–water partition coefficient (Wildman–Crippen LogP) is 3.67. The summed E-state index contributed by atoms with van der Waals surface area (Å²) in [5, 5.41) is 5.89. The molecule has 0 spiro atoms. The fraction of sp³-hybridized carbons (Fsp3) is 0.0833. The fourth-order valence-corrected chi connectivity index (χ4v) is 2.00. The van der Waals surface area contributed by atoms with E-state index in [0.29, 0.717) is 0 Å². The Balaban J connectivity index is 2.28. The van der Waals surface area contributed by atoms with Gasteiger partial charge >= 0.3 is 0 Å². The zero-order chi connectivity index (χ0) is 10.7. The van der Waals surface area contributed by atoms with Crippen LogP contribution in [0.25, 0.3) is 11.3 Å². The van der Waals surface area contributed by atoms with Crippen molar-refractivity contribution in [1.82, 2.24) is 4.98 Å². The molecule has 2 nitrogen and oxygen atoms in total. The molecule has 0 aliphatic heterocycles. The minimum atomic E-state index is 0.876. The highest BCUT2D eigenvalue weighted by atomic mass is 32.1. The Kier molecular flexibility index (Phi) is 2.83. The number of hydrogen-bond acceptors (Lipinski definition) is 3. The van der Waals surface area contributed by atoms with Crippen LogP contribution in [-0.4, -0.2) is 4.98 Å². The molecule has 2 rings (SSSR count). The van der Waals surface area contributed by atoms with Crippen molar-refractivity contribution in [2.75, 3.05) is 5.32 Å². The maximum absolute atomic E-state index is 4.44. The summed E-state index contributed by atoms with van der Waals surface area (Å²) in [6, 6.07) is 8.36. The van der Waals surface area contributed by atoms with Crippen LogP contribution in [-0.2, 0) is 0 Å². The first-order valence-electron chi connectivity index (χ1n) is 4.69. The quantitative estimate of drug-likeness (QED) is 0.846. The molecule has 1 heterocycles. The van der Waals surface area contributed by atoms with Crippen LogP contribution in [0.2, 0.25) is 0 Å². The third-order valence-electron chi connectivity index (χ3n) is 2.08. The van der Waals surface area contributed by atoms with Gasteiger partial charge in [0, 0.05) is 10.9 Å². The summed E-state index contributed by atoms with van der Waals surface area (Å²) in [6.45, 7) is 5.68.